The van der Waals surface area contributed by atoms with Crippen molar-refractivity contribution in [2.45, 2.75) is 49.9 Å². The zero-order chi connectivity index (χ0) is 25.4. The Bertz CT molecular complexity index is 927. The summed E-state index contributed by atoms with van der Waals surface area (Å²) in [5.41, 5.74) is 11.7. The fourth-order valence-electron chi connectivity index (χ4n) is 3.62. The van der Waals surface area contributed by atoms with Gasteiger partial charge in [-0.05, 0) is 37.0 Å². The summed E-state index contributed by atoms with van der Waals surface area (Å²) >= 11 is 4.14. The second-order valence-corrected chi connectivity index (χ2v) is 8.35. The Morgan fingerprint density at radius 2 is 1.76 bits per heavy atom. The first kappa shape index (κ1) is 26.9. The zero-order valence-corrected chi connectivity index (χ0v) is 19.2. The third-order valence-electron chi connectivity index (χ3n) is 5.38. The summed E-state index contributed by atoms with van der Waals surface area (Å²) < 4.78 is 0. The number of carboxylic acids is 1. The normalized spacial score (nSPS) is 17.9. The van der Waals surface area contributed by atoms with E-state index in [1.807, 2.05) is 0 Å². The number of nitrogens with one attached hydrogen (secondary N) is 2. The van der Waals surface area contributed by atoms with Gasteiger partial charge in [-0.3, -0.25) is 19.2 Å². The van der Waals surface area contributed by atoms with Crippen LogP contribution in [0.2, 0.25) is 0 Å². The Morgan fingerprint density at radius 1 is 1.12 bits per heavy atom. The maximum absolute atomic E-state index is 13.1. The number of rotatable bonds is 11. The third kappa shape index (κ3) is 7.35. The first-order valence-electron chi connectivity index (χ1n) is 10.6. The number of likely N-dealkylation sites (tertiary alicyclic amines) is 1. The molecule has 2 rings (SSSR count). The van der Waals surface area contributed by atoms with Crippen LogP contribution in [-0.2, 0) is 30.4 Å². The molecule has 0 saturated carbocycles. The molecule has 0 aromatic heterocycles. The second-order valence-electron chi connectivity index (χ2n) is 7.98. The molecular formula is C21H29N5O7S. The number of thiol groups is 1. The molecule has 34 heavy (non-hydrogen) atoms. The number of amides is 4. The molecule has 1 aliphatic rings. The first-order valence-corrected chi connectivity index (χ1v) is 11.2. The first-order chi connectivity index (χ1) is 16.0. The molecule has 1 fully saturated rings. The summed E-state index contributed by atoms with van der Waals surface area (Å²) in [6, 6.07) is 1.68. The molecular weight excluding hydrogens is 466 g/mol. The number of aliphatic carboxylic acids is 1. The average molecular weight is 496 g/mol. The van der Waals surface area contributed by atoms with Crippen LogP contribution >= 0.6 is 12.6 Å². The Kier molecular flexibility index (Phi) is 9.69. The van der Waals surface area contributed by atoms with Gasteiger partial charge in [0.25, 0.3) is 0 Å². The third-order valence-corrected chi connectivity index (χ3v) is 5.75. The largest absolute Gasteiger partial charge is 0.508 e. The molecule has 13 heteroatoms. The van der Waals surface area contributed by atoms with E-state index in [0.29, 0.717) is 6.42 Å². The molecule has 186 valence electrons. The number of benzene rings is 1. The van der Waals surface area contributed by atoms with Gasteiger partial charge in [0.2, 0.25) is 23.6 Å². The van der Waals surface area contributed by atoms with Gasteiger partial charge >= 0.3 is 5.97 Å². The summed E-state index contributed by atoms with van der Waals surface area (Å²) in [6.45, 7) is 0.226. The van der Waals surface area contributed by atoms with Crippen LogP contribution in [0, 0.1) is 0 Å². The number of primary amides is 1. The van der Waals surface area contributed by atoms with Crippen LogP contribution < -0.4 is 22.1 Å². The molecule has 1 heterocycles. The molecule has 1 saturated heterocycles. The SMILES string of the molecule is NC(=O)CC(NC(=O)C1CCCN1C(=O)C(CS)NC(=O)C(N)Cc1ccc(O)cc1)C(=O)O. The zero-order valence-electron chi connectivity index (χ0n) is 18.3. The molecule has 4 amide bonds. The summed E-state index contributed by atoms with van der Waals surface area (Å²) in [5, 5.41) is 23.3. The lowest BCUT2D eigenvalue weighted by Crippen LogP contribution is -2.57. The number of nitrogens with zero attached hydrogens (tertiary/aromatic N) is 1. The number of carbonyl (C=O) groups excluding carboxylic acids is 4. The standard InChI is InChI=1S/C21H29N5O7S/c22-13(8-11-3-5-12(27)6-4-11)18(29)25-15(10-34)20(31)26-7-1-2-16(26)19(30)24-14(21(32)33)9-17(23)28/h3-6,13-16,27,34H,1-2,7-10,22H2,(H2,23,28)(H,24,30)(H,25,29)(H,32,33). The van der Waals surface area contributed by atoms with Crippen molar-refractivity contribution in [2.24, 2.45) is 11.5 Å². The average Bonchev–Trinajstić information content (AvgIpc) is 3.27. The van der Waals surface area contributed by atoms with Crippen molar-refractivity contribution in [1.29, 1.82) is 0 Å². The van der Waals surface area contributed by atoms with Crippen molar-refractivity contribution in [2.75, 3.05) is 12.3 Å². The molecule has 4 unspecified atom stereocenters. The minimum absolute atomic E-state index is 0.0548. The molecule has 1 aliphatic heterocycles. The van der Waals surface area contributed by atoms with Crippen LogP contribution in [0.3, 0.4) is 0 Å². The number of phenolic OH excluding ortho intramolecular Hbond substituents is 1. The van der Waals surface area contributed by atoms with E-state index in [4.69, 9.17) is 11.5 Å². The van der Waals surface area contributed by atoms with Gasteiger partial charge in [-0.15, -0.1) is 0 Å². The lowest BCUT2D eigenvalue weighted by Gasteiger charge is -2.29. The van der Waals surface area contributed by atoms with Gasteiger partial charge in [0, 0.05) is 12.3 Å². The van der Waals surface area contributed by atoms with Crippen LogP contribution in [-0.4, -0.2) is 81.2 Å². The van der Waals surface area contributed by atoms with E-state index in [1.54, 1.807) is 12.1 Å². The van der Waals surface area contributed by atoms with Gasteiger partial charge in [0.15, 0.2) is 0 Å². The summed E-state index contributed by atoms with van der Waals surface area (Å²) in [4.78, 5) is 61.9. The van der Waals surface area contributed by atoms with E-state index in [1.165, 1.54) is 17.0 Å². The predicted molar refractivity (Wildman–Crippen MR) is 124 cm³/mol. The van der Waals surface area contributed by atoms with Gasteiger partial charge in [-0.25, -0.2) is 4.79 Å². The molecule has 8 N–H and O–H groups in total. The van der Waals surface area contributed by atoms with Crippen LogP contribution in [0.25, 0.3) is 0 Å². The Morgan fingerprint density at radius 3 is 2.32 bits per heavy atom. The predicted octanol–water partition coefficient (Wildman–Crippen LogP) is -1.89. The van der Waals surface area contributed by atoms with Crippen LogP contribution in [0.4, 0.5) is 0 Å². The summed E-state index contributed by atoms with van der Waals surface area (Å²) in [5.74, 6) is -4.17. The fraction of sp³-hybridized carbons (Fsp3) is 0.476. The van der Waals surface area contributed by atoms with Crippen molar-refractivity contribution in [1.82, 2.24) is 15.5 Å². The summed E-state index contributed by atoms with van der Waals surface area (Å²) in [7, 11) is 0. The number of hydrogen-bond acceptors (Lipinski definition) is 8. The molecule has 1 aromatic carbocycles. The summed E-state index contributed by atoms with van der Waals surface area (Å²) in [6.07, 6.45) is 0.361. The van der Waals surface area contributed by atoms with E-state index in [0.717, 1.165) is 5.56 Å². The molecule has 4 atom stereocenters. The quantitative estimate of drug-likeness (QED) is 0.172. The lowest BCUT2D eigenvalue weighted by atomic mass is 10.1. The minimum Gasteiger partial charge on any atom is -0.508 e. The van der Waals surface area contributed by atoms with Crippen molar-refractivity contribution in [3.63, 3.8) is 0 Å². The highest BCUT2D eigenvalue weighted by atomic mass is 32.1. The number of phenols is 1. The van der Waals surface area contributed by atoms with Crippen molar-refractivity contribution >= 4 is 42.2 Å². The number of aromatic hydroxyl groups is 1. The maximum Gasteiger partial charge on any atom is 0.326 e. The van der Waals surface area contributed by atoms with Crippen molar-refractivity contribution in [3.05, 3.63) is 29.8 Å². The van der Waals surface area contributed by atoms with Gasteiger partial charge in [0.1, 0.15) is 23.9 Å². The number of carboxylic acid groups (broad SMARTS) is 1. The van der Waals surface area contributed by atoms with Crippen LogP contribution in [0.5, 0.6) is 5.75 Å². The van der Waals surface area contributed by atoms with E-state index in [2.05, 4.69) is 23.3 Å². The van der Waals surface area contributed by atoms with Crippen molar-refractivity contribution < 1.29 is 34.2 Å². The van der Waals surface area contributed by atoms with Gasteiger partial charge in [0.05, 0.1) is 12.5 Å². The fourth-order valence-corrected chi connectivity index (χ4v) is 3.86. The highest BCUT2D eigenvalue weighted by molar-refractivity contribution is 7.80. The van der Waals surface area contributed by atoms with Gasteiger partial charge in [-0.2, -0.15) is 12.6 Å². The molecule has 0 aliphatic carbocycles. The Labute approximate surface area is 201 Å². The van der Waals surface area contributed by atoms with Gasteiger partial charge < -0.3 is 37.2 Å². The maximum atomic E-state index is 13.1. The lowest BCUT2D eigenvalue weighted by molar-refractivity contribution is -0.145. The Balaban J connectivity index is 2.02. The highest BCUT2D eigenvalue weighted by Gasteiger charge is 2.39. The van der Waals surface area contributed by atoms with E-state index in [-0.39, 0.29) is 30.9 Å². The van der Waals surface area contributed by atoms with Crippen LogP contribution in [0.1, 0.15) is 24.8 Å². The van der Waals surface area contributed by atoms with Crippen molar-refractivity contribution in [3.8, 4) is 5.75 Å². The Hall–Kier alpha value is -3.32. The minimum atomic E-state index is -1.51. The van der Waals surface area contributed by atoms with Crippen LogP contribution in [0.15, 0.2) is 24.3 Å². The molecule has 0 radical (unpaired) electrons. The van der Waals surface area contributed by atoms with E-state index in [9.17, 15) is 34.2 Å². The second kappa shape index (κ2) is 12.2. The smallest absolute Gasteiger partial charge is 0.326 e. The number of hydrogen-bond donors (Lipinski definition) is 7. The monoisotopic (exact) mass is 495 g/mol. The number of nitrogens with two attached hydrogens (primary N) is 2. The highest BCUT2D eigenvalue weighted by Crippen LogP contribution is 2.19. The van der Waals surface area contributed by atoms with E-state index >= 15 is 0 Å². The molecule has 1 aromatic rings. The van der Waals surface area contributed by atoms with E-state index < -0.39 is 60.2 Å². The number of carbonyl (C=O) groups is 5. The molecule has 12 nitrogen and oxygen atoms in total. The van der Waals surface area contributed by atoms with Gasteiger partial charge in [-0.1, -0.05) is 12.1 Å². The topological polar surface area (TPSA) is 205 Å². The molecule has 0 bridgehead atoms. The molecule has 0 spiro atoms.